The van der Waals surface area contributed by atoms with Gasteiger partial charge in [0.2, 0.25) is 0 Å². The third-order valence-electron chi connectivity index (χ3n) is 2.26. The number of ether oxygens (including phenoxy) is 1. The summed E-state index contributed by atoms with van der Waals surface area (Å²) < 4.78 is 4.71. The Morgan fingerprint density at radius 3 is 2.56 bits per heavy atom. The molecule has 0 bridgehead atoms. The Morgan fingerprint density at radius 2 is 1.94 bits per heavy atom. The number of benzene rings is 1. The number of aryl methyl sites for hydroxylation is 1. The number of hydrogen-bond acceptors (Lipinski definition) is 3. The van der Waals surface area contributed by atoms with Crippen LogP contribution in [0.1, 0.15) is 18.1 Å². The van der Waals surface area contributed by atoms with Gasteiger partial charge >= 0.3 is 5.97 Å². The van der Waals surface area contributed by atoms with E-state index in [-0.39, 0.29) is 12.5 Å². The van der Waals surface area contributed by atoms with Crippen LogP contribution in [0, 0.1) is 6.92 Å². The van der Waals surface area contributed by atoms with E-state index >= 15 is 0 Å². The summed E-state index contributed by atoms with van der Waals surface area (Å²) in [4.78, 5) is 22.3. The number of hydrogen-bond donors (Lipinski definition) is 1. The highest BCUT2D eigenvalue weighted by molar-refractivity contribution is 5.85. The van der Waals surface area contributed by atoms with E-state index in [0.29, 0.717) is 6.54 Å². The van der Waals surface area contributed by atoms with Crippen LogP contribution in [0.25, 0.3) is 0 Å². The number of amides is 1. The maximum absolute atomic E-state index is 11.4. The van der Waals surface area contributed by atoms with Crippen molar-refractivity contribution >= 4 is 11.9 Å². The van der Waals surface area contributed by atoms with E-state index in [2.05, 4.69) is 5.32 Å². The first-order valence-electron chi connectivity index (χ1n) is 5.73. The minimum absolute atomic E-state index is 0.255. The van der Waals surface area contributed by atoms with Gasteiger partial charge in [0.05, 0.1) is 0 Å². The van der Waals surface area contributed by atoms with Gasteiger partial charge in [-0.05, 0) is 19.4 Å². The van der Waals surface area contributed by atoms with E-state index < -0.39 is 5.97 Å². The zero-order valence-corrected chi connectivity index (χ0v) is 10.6. The summed E-state index contributed by atoms with van der Waals surface area (Å²) in [5.74, 6) is -0.823. The maximum Gasteiger partial charge on any atom is 0.330 e. The van der Waals surface area contributed by atoms with Gasteiger partial charge < -0.3 is 10.1 Å². The van der Waals surface area contributed by atoms with E-state index in [1.807, 2.05) is 31.2 Å². The molecular weight excluding hydrogens is 230 g/mol. The van der Waals surface area contributed by atoms with Gasteiger partial charge in [-0.1, -0.05) is 35.9 Å². The van der Waals surface area contributed by atoms with E-state index in [1.165, 1.54) is 11.6 Å². The third-order valence-corrected chi connectivity index (χ3v) is 2.26. The van der Waals surface area contributed by atoms with Gasteiger partial charge in [-0.2, -0.15) is 0 Å². The molecule has 0 aliphatic rings. The van der Waals surface area contributed by atoms with Crippen LogP contribution in [0.5, 0.6) is 0 Å². The second kappa shape index (κ2) is 7.27. The maximum atomic E-state index is 11.4. The lowest BCUT2D eigenvalue weighted by atomic mass is 10.1. The Bertz CT molecular complexity index is 435. The minimum atomic E-state index is -0.511. The highest BCUT2D eigenvalue weighted by Gasteiger charge is 2.04. The Morgan fingerprint density at radius 1 is 1.28 bits per heavy atom. The van der Waals surface area contributed by atoms with Crippen LogP contribution >= 0.6 is 0 Å². The molecule has 0 spiro atoms. The van der Waals surface area contributed by atoms with E-state index in [4.69, 9.17) is 4.74 Å². The molecule has 4 heteroatoms. The zero-order chi connectivity index (χ0) is 13.4. The quantitative estimate of drug-likeness (QED) is 0.637. The molecule has 0 radical (unpaired) electrons. The molecule has 0 aliphatic heterocycles. The van der Waals surface area contributed by atoms with Gasteiger partial charge in [0.15, 0.2) is 6.61 Å². The summed E-state index contributed by atoms with van der Waals surface area (Å²) in [6.45, 7) is 3.89. The summed E-state index contributed by atoms with van der Waals surface area (Å²) in [5, 5.41) is 2.68. The topological polar surface area (TPSA) is 55.4 Å². The number of esters is 1. The predicted octanol–water partition coefficient (Wildman–Crippen LogP) is 1.73. The van der Waals surface area contributed by atoms with Gasteiger partial charge in [0.25, 0.3) is 5.91 Å². The first-order chi connectivity index (χ1) is 8.61. The smallest absolute Gasteiger partial charge is 0.330 e. The number of allylic oxidation sites excluding steroid dienone is 1. The molecular formula is C14H17NO3. The van der Waals surface area contributed by atoms with E-state index in [9.17, 15) is 9.59 Å². The zero-order valence-electron chi connectivity index (χ0n) is 10.6. The van der Waals surface area contributed by atoms with Crippen molar-refractivity contribution in [3.05, 3.63) is 47.5 Å². The Labute approximate surface area is 107 Å². The molecule has 0 aromatic heterocycles. The molecule has 4 nitrogen and oxygen atoms in total. The second-order valence-electron chi connectivity index (χ2n) is 3.87. The van der Waals surface area contributed by atoms with Crippen LogP contribution in [-0.4, -0.2) is 18.5 Å². The molecule has 96 valence electrons. The number of nitrogens with one attached hydrogen (secondary N) is 1. The molecule has 0 aliphatic carbocycles. The first-order valence-corrected chi connectivity index (χ1v) is 5.73. The molecule has 0 saturated heterocycles. The summed E-state index contributed by atoms with van der Waals surface area (Å²) in [5.41, 5.74) is 2.18. The molecule has 0 heterocycles. The monoisotopic (exact) mass is 247 g/mol. The van der Waals surface area contributed by atoms with Crippen molar-refractivity contribution in [2.75, 3.05) is 6.61 Å². The van der Waals surface area contributed by atoms with Crippen LogP contribution in [0.4, 0.5) is 0 Å². The average Bonchev–Trinajstić information content (AvgIpc) is 2.36. The van der Waals surface area contributed by atoms with Crippen molar-refractivity contribution < 1.29 is 14.3 Å². The van der Waals surface area contributed by atoms with Gasteiger partial charge in [0.1, 0.15) is 0 Å². The standard InChI is InChI=1S/C14H17NO3/c1-3-4-14(17)18-10-13(16)15-9-12-7-5-11(2)6-8-12/h3-8H,9-10H2,1-2H3,(H,15,16). The molecule has 1 N–H and O–H groups in total. The fourth-order valence-electron chi connectivity index (χ4n) is 1.28. The number of rotatable bonds is 5. The summed E-state index contributed by atoms with van der Waals surface area (Å²) in [6, 6.07) is 7.85. The van der Waals surface area contributed by atoms with E-state index in [0.717, 1.165) is 5.56 Å². The summed E-state index contributed by atoms with van der Waals surface area (Å²) in [7, 11) is 0. The third kappa shape index (κ3) is 5.30. The molecule has 0 fully saturated rings. The van der Waals surface area contributed by atoms with Crippen molar-refractivity contribution in [2.45, 2.75) is 20.4 Å². The molecule has 1 aromatic rings. The van der Waals surface area contributed by atoms with E-state index in [1.54, 1.807) is 13.0 Å². The summed E-state index contributed by atoms with van der Waals surface area (Å²) in [6.07, 6.45) is 2.83. The van der Waals surface area contributed by atoms with Gasteiger partial charge in [-0.3, -0.25) is 4.79 Å². The molecule has 18 heavy (non-hydrogen) atoms. The molecule has 0 unspecified atom stereocenters. The lowest BCUT2D eigenvalue weighted by Crippen LogP contribution is -2.28. The van der Waals surface area contributed by atoms with Gasteiger partial charge in [0, 0.05) is 12.6 Å². The average molecular weight is 247 g/mol. The second-order valence-corrected chi connectivity index (χ2v) is 3.87. The van der Waals surface area contributed by atoms with Gasteiger partial charge in [-0.25, -0.2) is 4.79 Å². The van der Waals surface area contributed by atoms with Crippen LogP contribution in [0.3, 0.4) is 0 Å². The molecule has 1 amide bonds. The highest BCUT2D eigenvalue weighted by atomic mass is 16.5. The van der Waals surface area contributed by atoms with Crippen LogP contribution in [0.2, 0.25) is 0 Å². The van der Waals surface area contributed by atoms with Crippen molar-refractivity contribution in [1.82, 2.24) is 5.32 Å². The Kier molecular flexibility index (Phi) is 5.64. The molecule has 0 saturated carbocycles. The van der Waals surface area contributed by atoms with Crippen LogP contribution < -0.4 is 5.32 Å². The van der Waals surface area contributed by atoms with Crippen molar-refractivity contribution in [3.8, 4) is 0 Å². The first kappa shape index (κ1) is 14.0. The Hall–Kier alpha value is -2.10. The Balaban J connectivity index is 2.29. The normalized spacial score (nSPS) is 10.3. The number of carbonyl (C=O) groups is 2. The SMILES string of the molecule is CC=CC(=O)OCC(=O)NCc1ccc(C)cc1. The minimum Gasteiger partial charge on any atom is -0.452 e. The number of carbonyl (C=O) groups excluding carboxylic acids is 2. The van der Waals surface area contributed by atoms with Crippen LogP contribution in [0.15, 0.2) is 36.4 Å². The molecule has 1 aromatic carbocycles. The molecule has 1 rings (SSSR count). The molecule has 0 atom stereocenters. The summed E-state index contributed by atoms with van der Waals surface area (Å²) >= 11 is 0. The van der Waals surface area contributed by atoms with Gasteiger partial charge in [-0.15, -0.1) is 0 Å². The predicted molar refractivity (Wildman–Crippen MR) is 68.8 cm³/mol. The van der Waals surface area contributed by atoms with Crippen LogP contribution in [-0.2, 0) is 20.9 Å². The fourth-order valence-corrected chi connectivity index (χ4v) is 1.28. The van der Waals surface area contributed by atoms with Crippen molar-refractivity contribution in [2.24, 2.45) is 0 Å². The fraction of sp³-hybridized carbons (Fsp3) is 0.286. The largest absolute Gasteiger partial charge is 0.452 e. The highest BCUT2D eigenvalue weighted by Crippen LogP contribution is 2.02. The van der Waals surface area contributed by atoms with Crippen molar-refractivity contribution in [3.63, 3.8) is 0 Å². The van der Waals surface area contributed by atoms with Crippen molar-refractivity contribution in [1.29, 1.82) is 0 Å². The lowest BCUT2D eigenvalue weighted by Gasteiger charge is -2.05. The lowest BCUT2D eigenvalue weighted by molar-refractivity contribution is -0.143.